The van der Waals surface area contributed by atoms with Crippen LogP contribution in [0.4, 0.5) is 0 Å². The van der Waals surface area contributed by atoms with E-state index < -0.39 is 15.6 Å². The summed E-state index contributed by atoms with van der Waals surface area (Å²) in [5.74, 6) is 6.05. The van der Waals surface area contributed by atoms with Crippen LogP contribution in [0.1, 0.15) is 36.8 Å². The van der Waals surface area contributed by atoms with E-state index in [1.807, 2.05) is 31.2 Å². The largest absolute Gasteiger partial charge is 0.377 e. The predicted octanol–water partition coefficient (Wildman–Crippen LogP) is 1.66. The molecule has 3 rings (SSSR count). The van der Waals surface area contributed by atoms with E-state index >= 15 is 0 Å². The minimum atomic E-state index is -3.21. The van der Waals surface area contributed by atoms with Gasteiger partial charge in [-0.2, -0.15) is 4.31 Å². The summed E-state index contributed by atoms with van der Waals surface area (Å²) in [6, 6.07) is 7.61. The van der Waals surface area contributed by atoms with Crippen LogP contribution in [-0.2, 0) is 10.0 Å². The molecule has 0 spiro atoms. The Morgan fingerprint density at radius 3 is 2.45 bits per heavy atom. The Morgan fingerprint density at radius 2 is 1.91 bits per heavy atom. The van der Waals surface area contributed by atoms with E-state index in [-0.39, 0.29) is 12.1 Å². The van der Waals surface area contributed by atoms with Gasteiger partial charge in [0.25, 0.3) is 0 Å². The lowest BCUT2D eigenvalue weighted by molar-refractivity contribution is 0.0199. The normalized spacial score (nSPS) is 31.6. The summed E-state index contributed by atoms with van der Waals surface area (Å²) in [6.07, 6.45) is 3.67. The zero-order chi connectivity index (χ0) is 16.0. The quantitative estimate of drug-likeness (QED) is 0.801. The molecule has 0 amide bonds. The van der Waals surface area contributed by atoms with Crippen molar-refractivity contribution in [3.63, 3.8) is 0 Å². The first-order valence-corrected chi connectivity index (χ1v) is 9.42. The average Bonchev–Trinajstić information content (AvgIpc) is 2.71. The third kappa shape index (κ3) is 3.05. The molecule has 1 aromatic carbocycles. The van der Waals surface area contributed by atoms with Crippen LogP contribution in [0.3, 0.4) is 0 Å². The summed E-state index contributed by atoms with van der Waals surface area (Å²) in [5.41, 5.74) is 0.925. The Balaban J connectivity index is 1.83. The van der Waals surface area contributed by atoms with Crippen molar-refractivity contribution in [3.8, 4) is 11.8 Å². The minimum absolute atomic E-state index is 0.120. The van der Waals surface area contributed by atoms with E-state index in [9.17, 15) is 13.5 Å². The fraction of sp³-hybridized carbons (Fsp3) is 0.529. The van der Waals surface area contributed by atoms with Gasteiger partial charge >= 0.3 is 0 Å². The van der Waals surface area contributed by atoms with Crippen molar-refractivity contribution in [2.24, 2.45) is 0 Å². The third-order valence-corrected chi connectivity index (χ3v) is 5.90. The molecule has 0 saturated carbocycles. The van der Waals surface area contributed by atoms with Crippen LogP contribution in [0, 0.1) is 18.8 Å². The van der Waals surface area contributed by atoms with E-state index in [0.29, 0.717) is 12.8 Å². The summed E-state index contributed by atoms with van der Waals surface area (Å²) in [4.78, 5) is 0. The molecule has 0 aliphatic carbocycles. The number of fused-ring (bicyclic) bond motifs is 2. The Bertz CT molecular complexity index is 731. The highest BCUT2D eigenvalue weighted by molar-refractivity contribution is 7.88. The lowest BCUT2D eigenvalue weighted by atomic mass is 9.88. The lowest BCUT2D eigenvalue weighted by Crippen LogP contribution is -2.52. The van der Waals surface area contributed by atoms with Crippen LogP contribution in [-0.4, -0.2) is 41.8 Å². The number of sulfonamides is 1. The molecule has 118 valence electrons. The van der Waals surface area contributed by atoms with Crippen LogP contribution in [0.2, 0.25) is 0 Å². The SMILES string of the molecule is Cc1cccc(C#CC2(O)C[C@H]3CC[C@@H](C2)N3S(C)(=O)=O)c1. The van der Waals surface area contributed by atoms with E-state index in [1.165, 1.54) is 6.26 Å². The van der Waals surface area contributed by atoms with Gasteiger partial charge in [0, 0.05) is 30.5 Å². The average molecular weight is 319 g/mol. The molecule has 2 aliphatic rings. The van der Waals surface area contributed by atoms with Crippen LogP contribution < -0.4 is 0 Å². The molecule has 2 saturated heterocycles. The Labute approximate surface area is 132 Å². The van der Waals surface area contributed by atoms with Gasteiger partial charge < -0.3 is 5.11 Å². The molecule has 2 heterocycles. The maximum absolute atomic E-state index is 11.9. The van der Waals surface area contributed by atoms with Gasteiger partial charge in [-0.3, -0.25) is 0 Å². The van der Waals surface area contributed by atoms with E-state index in [0.717, 1.165) is 24.0 Å². The molecule has 2 fully saturated rings. The standard InChI is InChI=1S/C17H21NO3S/c1-13-4-3-5-14(10-13)8-9-17(19)11-15-6-7-16(12-17)18(15)22(2,20)21/h3-5,10,15-16,19H,6-7,11-12H2,1-2H3/t15-,16+,17?. The second-order valence-corrected chi connectivity index (χ2v) is 8.42. The molecule has 1 aromatic rings. The van der Waals surface area contributed by atoms with Crippen molar-refractivity contribution in [1.29, 1.82) is 0 Å². The van der Waals surface area contributed by atoms with E-state index in [4.69, 9.17) is 0 Å². The first-order valence-electron chi connectivity index (χ1n) is 7.58. The van der Waals surface area contributed by atoms with Gasteiger partial charge in [0.05, 0.1) is 6.26 Å². The summed E-state index contributed by atoms with van der Waals surface area (Å²) in [5, 5.41) is 10.8. The summed E-state index contributed by atoms with van der Waals surface area (Å²) >= 11 is 0. The Kier molecular flexibility index (Phi) is 3.80. The first-order chi connectivity index (χ1) is 10.3. The molecule has 2 aliphatic heterocycles. The highest BCUT2D eigenvalue weighted by Crippen LogP contribution is 2.41. The Hall–Kier alpha value is -1.35. The monoisotopic (exact) mass is 319 g/mol. The molecule has 5 heteroatoms. The van der Waals surface area contributed by atoms with Gasteiger partial charge in [0.15, 0.2) is 0 Å². The predicted molar refractivity (Wildman–Crippen MR) is 85.7 cm³/mol. The van der Waals surface area contributed by atoms with Crippen molar-refractivity contribution < 1.29 is 13.5 Å². The number of hydrogen-bond donors (Lipinski definition) is 1. The van der Waals surface area contributed by atoms with Crippen molar-refractivity contribution >= 4 is 10.0 Å². The summed E-state index contributed by atoms with van der Waals surface area (Å²) in [7, 11) is -3.21. The van der Waals surface area contributed by atoms with E-state index in [2.05, 4.69) is 11.8 Å². The second-order valence-electron chi connectivity index (χ2n) is 6.54. The molecule has 3 atom stereocenters. The zero-order valence-electron chi connectivity index (χ0n) is 12.9. The highest BCUT2D eigenvalue weighted by atomic mass is 32.2. The van der Waals surface area contributed by atoms with Crippen LogP contribution in [0.25, 0.3) is 0 Å². The molecular weight excluding hydrogens is 298 g/mol. The molecule has 2 bridgehead atoms. The number of rotatable bonds is 1. The number of piperidine rings is 1. The maximum Gasteiger partial charge on any atom is 0.211 e. The fourth-order valence-corrected chi connectivity index (χ4v) is 5.18. The number of benzene rings is 1. The van der Waals surface area contributed by atoms with E-state index in [1.54, 1.807) is 4.31 Å². The second kappa shape index (κ2) is 5.38. The van der Waals surface area contributed by atoms with Gasteiger partial charge in [-0.05, 0) is 37.5 Å². The maximum atomic E-state index is 11.9. The van der Waals surface area contributed by atoms with Crippen LogP contribution in [0.5, 0.6) is 0 Å². The van der Waals surface area contributed by atoms with Crippen LogP contribution in [0.15, 0.2) is 24.3 Å². The third-order valence-electron chi connectivity index (χ3n) is 4.54. The topological polar surface area (TPSA) is 57.6 Å². The zero-order valence-corrected chi connectivity index (χ0v) is 13.7. The van der Waals surface area contributed by atoms with Crippen LogP contribution >= 0.6 is 0 Å². The molecule has 22 heavy (non-hydrogen) atoms. The van der Waals surface area contributed by atoms with Gasteiger partial charge in [-0.15, -0.1) is 0 Å². The number of hydrogen-bond acceptors (Lipinski definition) is 3. The fourth-order valence-electron chi connectivity index (χ4n) is 3.74. The van der Waals surface area contributed by atoms with Crippen molar-refractivity contribution in [3.05, 3.63) is 35.4 Å². The van der Waals surface area contributed by atoms with Crippen molar-refractivity contribution in [2.75, 3.05) is 6.26 Å². The molecular formula is C17H21NO3S. The van der Waals surface area contributed by atoms with Gasteiger partial charge in [0.1, 0.15) is 5.60 Å². The minimum Gasteiger partial charge on any atom is -0.377 e. The van der Waals surface area contributed by atoms with Gasteiger partial charge in [-0.1, -0.05) is 24.0 Å². The van der Waals surface area contributed by atoms with Crippen molar-refractivity contribution in [1.82, 2.24) is 4.31 Å². The molecule has 1 N–H and O–H groups in total. The molecule has 4 nitrogen and oxygen atoms in total. The molecule has 1 unspecified atom stereocenters. The van der Waals surface area contributed by atoms with Crippen molar-refractivity contribution in [2.45, 2.75) is 50.3 Å². The molecule has 0 aromatic heterocycles. The number of aryl methyl sites for hydroxylation is 1. The summed E-state index contributed by atoms with van der Waals surface area (Å²) in [6.45, 7) is 2.00. The van der Waals surface area contributed by atoms with Gasteiger partial charge in [-0.25, -0.2) is 8.42 Å². The van der Waals surface area contributed by atoms with Gasteiger partial charge in [0.2, 0.25) is 10.0 Å². The lowest BCUT2D eigenvalue weighted by Gasteiger charge is -2.39. The highest BCUT2D eigenvalue weighted by Gasteiger charge is 2.50. The summed E-state index contributed by atoms with van der Waals surface area (Å²) < 4.78 is 25.3. The molecule has 0 radical (unpaired) electrons. The first kappa shape index (κ1) is 15.5. The number of aliphatic hydroxyl groups is 1. The smallest absolute Gasteiger partial charge is 0.211 e. The number of nitrogens with zero attached hydrogens (tertiary/aromatic N) is 1. The Morgan fingerprint density at radius 1 is 1.27 bits per heavy atom.